The lowest BCUT2D eigenvalue weighted by Crippen LogP contribution is -2.22. The fourth-order valence-corrected chi connectivity index (χ4v) is 2.47. The molecule has 0 spiro atoms. The summed E-state index contributed by atoms with van der Waals surface area (Å²) in [5, 5.41) is 0. The molecule has 20 heavy (non-hydrogen) atoms. The van der Waals surface area contributed by atoms with Gasteiger partial charge < -0.3 is 9.15 Å². The van der Waals surface area contributed by atoms with Crippen LogP contribution in [0.15, 0.2) is 29.3 Å². The normalized spacial score (nSPS) is 19.4. The molecular weight excluding hydrogens is 256 g/mol. The summed E-state index contributed by atoms with van der Waals surface area (Å²) in [6.07, 6.45) is 7.80. The first kappa shape index (κ1) is 13.1. The molecule has 0 aromatic carbocycles. The van der Waals surface area contributed by atoms with Crippen molar-refractivity contribution >= 4 is 0 Å². The van der Waals surface area contributed by atoms with Gasteiger partial charge in [0.2, 0.25) is 5.88 Å². The number of oxazole rings is 1. The van der Waals surface area contributed by atoms with E-state index in [9.17, 15) is 0 Å². The standard InChI is InChI=1S/C14H18N4O2/c1-11-17-13(10-19-11)8-18-5-2-12(7-18)9-20-14-6-15-3-4-16-14/h3-4,6,10,12H,2,5,7-9H2,1H3. The predicted molar refractivity (Wildman–Crippen MR) is 72.2 cm³/mol. The minimum absolute atomic E-state index is 0.532. The van der Waals surface area contributed by atoms with E-state index in [1.54, 1.807) is 24.9 Å². The van der Waals surface area contributed by atoms with Crippen LogP contribution in [0.1, 0.15) is 18.0 Å². The average molecular weight is 274 g/mol. The van der Waals surface area contributed by atoms with Crippen LogP contribution in [0.25, 0.3) is 0 Å². The highest BCUT2D eigenvalue weighted by Gasteiger charge is 2.23. The Morgan fingerprint density at radius 2 is 2.40 bits per heavy atom. The van der Waals surface area contributed by atoms with Gasteiger partial charge in [-0.1, -0.05) is 0 Å². The molecule has 1 saturated heterocycles. The highest BCUT2D eigenvalue weighted by atomic mass is 16.5. The van der Waals surface area contributed by atoms with Crippen LogP contribution in [0, 0.1) is 12.8 Å². The van der Waals surface area contributed by atoms with Gasteiger partial charge in [-0.15, -0.1) is 0 Å². The minimum atomic E-state index is 0.532. The number of ether oxygens (including phenoxy) is 1. The maximum atomic E-state index is 5.66. The van der Waals surface area contributed by atoms with E-state index in [0.29, 0.717) is 18.4 Å². The molecule has 6 nitrogen and oxygen atoms in total. The molecular formula is C14H18N4O2. The van der Waals surface area contributed by atoms with Gasteiger partial charge in [0.05, 0.1) is 18.5 Å². The lowest BCUT2D eigenvalue weighted by atomic mass is 10.1. The van der Waals surface area contributed by atoms with Crippen molar-refractivity contribution in [1.82, 2.24) is 19.9 Å². The quantitative estimate of drug-likeness (QED) is 0.826. The second-order valence-electron chi connectivity index (χ2n) is 5.10. The largest absolute Gasteiger partial charge is 0.476 e. The maximum absolute atomic E-state index is 5.66. The molecule has 106 valence electrons. The highest BCUT2D eigenvalue weighted by molar-refractivity contribution is 5.01. The number of aromatic nitrogens is 3. The van der Waals surface area contributed by atoms with Crippen molar-refractivity contribution in [2.45, 2.75) is 19.9 Å². The first-order valence-corrected chi connectivity index (χ1v) is 6.82. The molecule has 2 aromatic heterocycles. The van der Waals surface area contributed by atoms with Crippen LogP contribution in [-0.4, -0.2) is 39.5 Å². The number of hydrogen-bond donors (Lipinski definition) is 0. The summed E-state index contributed by atoms with van der Waals surface area (Å²) in [6, 6.07) is 0. The van der Waals surface area contributed by atoms with Crippen molar-refractivity contribution in [2.24, 2.45) is 5.92 Å². The molecule has 1 aliphatic rings. The number of nitrogens with zero attached hydrogens (tertiary/aromatic N) is 4. The Bertz CT molecular complexity index is 543. The highest BCUT2D eigenvalue weighted by Crippen LogP contribution is 2.19. The number of aryl methyl sites for hydroxylation is 1. The van der Waals surface area contributed by atoms with E-state index in [-0.39, 0.29) is 0 Å². The van der Waals surface area contributed by atoms with Gasteiger partial charge in [-0.05, 0) is 13.0 Å². The van der Waals surface area contributed by atoms with E-state index in [1.807, 2.05) is 6.92 Å². The van der Waals surface area contributed by atoms with Crippen LogP contribution in [0.3, 0.4) is 0 Å². The Kier molecular flexibility index (Phi) is 3.92. The molecule has 0 saturated carbocycles. The van der Waals surface area contributed by atoms with Crippen LogP contribution in [-0.2, 0) is 6.54 Å². The van der Waals surface area contributed by atoms with Gasteiger partial charge in [-0.25, -0.2) is 9.97 Å². The molecule has 1 unspecified atom stereocenters. The Balaban J connectivity index is 1.45. The average Bonchev–Trinajstić information content (AvgIpc) is 3.08. The maximum Gasteiger partial charge on any atom is 0.232 e. The van der Waals surface area contributed by atoms with Gasteiger partial charge in [0, 0.05) is 38.3 Å². The minimum Gasteiger partial charge on any atom is -0.476 e. The Morgan fingerprint density at radius 1 is 1.45 bits per heavy atom. The fraction of sp³-hybridized carbons (Fsp3) is 0.500. The summed E-state index contributed by atoms with van der Waals surface area (Å²) in [7, 11) is 0. The SMILES string of the molecule is Cc1nc(CN2CCC(COc3cnccn3)C2)co1. The van der Waals surface area contributed by atoms with Crippen molar-refractivity contribution in [3.63, 3.8) is 0 Å². The third-order valence-electron chi connectivity index (χ3n) is 3.43. The Morgan fingerprint density at radius 3 is 3.15 bits per heavy atom. The monoisotopic (exact) mass is 274 g/mol. The molecule has 6 heteroatoms. The summed E-state index contributed by atoms with van der Waals surface area (Å²) < 4.78 is 10.9. The number of rotatable bonds is 5. The Hall–Kier alpha value is -1.95. The zero-order chi connectivity index (χ0) is 13.8. The van der Waals surface area contributed by atoms with Crippen LogP contribution in [0.4, 0.5) is 0 Å². The second-order valence-corrected chi connectivity index (χ2v) is 5.10. The molecule has 0 radical (unpaired) electrons. The lowest BCUT2D eigenvalue weighted by molar-refractivity contribution is 0.230. The zero-order valence-corrected chi connectivity index (χ0v) is 11.5. The van der Waals surface area contributed by atoms with Gasteiger partial charge in [0.15, 0.2) is 5.89 Å². The Labute approximate surface area is 117 Å². The van der Waals surface area contributed by atoms with E-state index in [4.69, 9.17) is 9.15 Å². The van der Waals surface area contributed by atoms with Crippen molar-refractivity contribution in [3.8, 4) is 5.88 Å². The van der Waals surface area contributed by atoms with Crippen LogP contribution >= 0.6 is 0 Å². The summed E-state index contributed by atoms with van der Waals surface area (Å²) in [4.78, 5) is 14.8. The molecule has 1 atom stereocenters. The van der Waals surface area contributed by atoms with Crippen molar-refractivity contribution in [3.05, 3.63) is 36.4 Å². The van der Waals surface area contributed by atoms with Gasteiger partial charge in [0.1, 0.15) is 6.26 Å². The molecule has 0 amide bonds. The molecule has 1 fully saturated rings. The van der Waals surface area contributed by atoms with Crippen LogP contribution in [0.2, 0.25) is 0 Å². The first-order valence-electron chi connectivity index (χ1n) is 6.82. The summed E-state index contributed by atoms with van der Waals surface area (Å²) in [5.74, 6) is 1.85. The summed E-state index contributed by atoms with van der Waals surface area (Å²) >= 11 is 0. The van der Waals surface area contributed by atoms with Crippen molar-refractivity contribution in [2.75, 3.05) is 19.7 Å². The molecule has 0 bridgehead atoms. The number of likely N-dealkylation sites (tertiary alicyclic amines) is 1. The van der Waals surface area contributed by atoms with Gasteiger partial charge in [-0.2, -0.15) is 0 Å². The van der Waals surface area contributed by atoms with Crippen LogP contribution in [0.5, 0.6) is 5.88 Å². The third-order valence-corrected chi connectivity index (χ3v) is 3.43. The summed E-state index contributed by atoms with van der Waals surface area (Å²) in [6.45, 7) is 5.49. The predicted octanol–water partition coefficient (Wildman–Crippen LogP) is 1.67. The van der Waals surface area contributed by atoms with E-state index >= 15 is 0 Å². The van der Waals surface area contributed by atoms with Crippen molar-refractivity contribution < 1.29 is 9.15 Å². The second kappa shape index (κ2) is 6.00. The molecule has 1 aliphatic heterocycles. The molecule has 0 N–H and O–H groups in total. The van der Waals surface area contributed by atoms with E-state index in [0.717, 1.165) is 37.6 Å². The lowest BCUT2D eigenvalue weighted by Gasteiger charge is -2.14. The molecule has 3 rings (SSSR count). The number of hydrogen-bond acceptors (Lipinski definition) is 6. The molecule has 3 heterocycles. The topological polar surface area (TPSA) is 64.3 Å². The van der Waals surface area contributed by atoms with E-state index < -0.39 is 0 Å². The first-order chi connectivity index (χ1) is 9.79. The summed E-state index contributed by atoms with van der Waals surface area (Å²) in [5.41, 5.74) is 0.998. The third kappa shape index (κ3) is 3.33. The van der Waals surface area contributed by atoms with Gasteiger partial charge >= 0.3 is 0 Å². The van der Waals surface area contributed by atoms with Gasteiger partial charge in [0.25, 0.3) is 0 Å². The van der Waals surface area contributed by atoms with Gasteiger partial charge in [-0.3, -0.25) is 9.88 Å². The van der Waals surface area contributed by atoms with Crippen molar-refractivity contribution in [1.29, 1.82) is 0 Å². The molecule has 0 aliphatic carbocycles. The van der Waals surface area contributed by atoms with E-state index in [1.165, 1.54) is 0 Å². The smallest absolute Gasteiger partial charge is 0.232 e. The van der Waals surface area contributed by atoms with Crippen LogP contribution < -0.4 is 4.74 Å². The molecule has 2 aromatic rings. The zero-order valence-electron chi connectivity index (χ0n) is 11.5. The fourth-order valence-electron chi connectivity index (χ4n) is 2.47. The van der Waals surface area contributed by atoms with E-state index in [2.05, 4.69) is 19.9 Å².